The van der Waals surface area contributed by atoms with Crippen LogP contribution in [-0.2, 0) is 20.8 Å². The van der Waals surface area contributed by atoms with Gasteiger partial charge in [-0.15, -0.1) is 0 Å². The lowest BCUT2D eigenvalue weighted by atomic mass is 9.99. The maximum absolute atomic E-state index is 12.8. The van der Waals surface area contributed by atoms with E-state index in [9.17, 15) is 19.8 Å². The molecule has 1 aromatic carbocycles. The first kappa shape index (κ1) is 24.4. The lowest BCUT2D eigenvalue weighted by molar-refractivity contribution is -0.128. The standard InChI is InChI=1S/C24H27ClN2O6/c1-16-8-5-3-2-4-6-9-17(26-32-13-12-27-11-7-10-21(27)30)14-18-22(24(31)33-16)19(28)15-20(29)23(18)25/h2-6,9,15-16,28-29H,7-8,10-14H2,1H3/b4-2-,5-3+,9-6+,26-17+/t16-/m1/s1. The molecule has 33 heavy (non-hydrogen) atoms. The Balaban J connectivity index is 1.90. The van der Waals surface area contributed by atoms with Crippen LogP contribution in [0, 0.1) is 0 Å². The minimum Gasteiger partial charge on any atom is -0.507 e. The Kier molecular flexibility index (Phi) is 8.54. The summed E-state index contributed by atoms with van der Waals surface area (Å²) in [5.41, 5.74) is 0.428. The minimum atomic E-state index is -0.755. The molecule has 2 heterocycles. The van der Waals surface area contributed by atoms with Crippen molar-refractivity contribution in [3.05, 3.63) is 58.7 Å². The Hall–Kier alpha value is -3.26. The van der Waals surface area contributed by atoms with E-state index in [4.69, 9.17) is 21.2 Å². The molecule has 176 valence electrons. The summed E-state index contributed by atoms with van der Waals surface area (Å²) in [5.74, 6) is -1.46. The van der Waals surface area contributed by atoms with Crippen LogP contribution in [0.5, 0.6) is 11.5 Å². The number of nitrogens with zero attached hydrogens (tertiary/aromatic N) is 2. The van der Waals surface area contributed by atoms with Crippen LogP contribution in [0.4, 0.5) is 0 Å². The molecule has 0 aliphatic carbocycles. The summed E-state index contributed by atoms with van der Waals surface area (Å²) in [7, 11) is 0. The van der Waals surface area contributed by atoms with Gasteiger partial charge in [0.1, 0.15) is 29.8 Å². The van der Waals surface area contributed by atoms with E-state index in [0.29, 0.717) is 31.6 Å². The molecular formula is C24H27ClN2O6. The van der Waals surface area contributed by atoms with Crippen molar-refractivity contribution in [1.29, 1.82) is 0 Å². The molecule has 0 bridgehead atoms. The third-order valence-electron chi connectivity index (χ3n) is 5.22. The first-order valence-electron chi connectivity index (χ1n) is 10.8. The number of allylic oxidation sites excluding steroid dienone is 5. The van der Waals surface area contributed by atoms with Crippen molar-refractivity contribution >= 4 is 29.2 Å². The number of rotatable bonds is 4. The smallest absolute Gasteiger partial charge is 0.342 e. The van der Waals surface area contributed by atoms with Gasteiger partial charge in [-0.25, -0.2) is 4.79 Å². The zero-order valence-electron chi connectivity index (χ0n) is 18.4. The fraction of sp³-hybridized carbons (Fsp3) is 0.375. The van der Waals surface area contributed by atoms with E-state index in [1.54, 1.807) is 30.1 Å². The third kappa shape index (κ3) is 6.61. The fourth-order valence-corrected chi connectivity index (χ4v) is 3.75. The summed E-state index contributed by atoms with van der Waals surface area (Å²) in [6.45, 7) is 3.07. The normalized spacial score (nSPS) is 23.5. The predicted octanol–water partition coefficient (Wildman–Crippen LogP) is 3.91. The second kappa shape index (κ2) is 11.6. The molecule has 1 saturated heterocycles. The number of oxime groups is 1. The van der Waals surface area contributed by atoms with Gasteiger partial charge in [0, 0.05) is 31.9 Å². The van der Waals surface area contributed by atoms with Crippen molar-refractivity contribution in [3.63, 3.8) is 0 Å². The Morgan fingerprint density at radius 3 is 2.76 bits per heavy atom. The molecule has 1 atom stereocenters. The van der Waals surface area contributed by atoms with Crippen LogP contribution >= 0.6 is 11.6 Å². The number of carbonyl (C=O) groups is 2. The minimum absolute atomic E-state index is 0.0115. The summed E-state index contributed by atoms with van der Waals surface area (Å²) in [6.07, 6.45) is 12.2. The van der Waals surface area contributed by atoms with Crippen molar-refractivity contribution < 1.29 is 29.4 Å². The summed E-state index contributed by atoms with van der Waals surface area (Å²) in [5, 5.41) is 24.6. The van der Waals surface area contributed by atoms with Crippen LogP contribution in [0.3, 0.4) is 0 Å². The molecule has 0 unspecified atom stereocenters. The number of carbonyl (C=O) groups excluding carboxylic acids is 2. The van der Waals surface area contributed by atoms with Gasteiger partial charge in [0.15, 0.2) is 0 Å². The maximum Gasteiger partial charge on any atom is 0.342 e. The summed E-state index contributed by atoms with van der Waals surface area (Å²) < 4.78 is 5.46. The van der Waals surface area contributed by atoms with Gasteiger partial charge in [-0.05, 0) is 25.0 Å². The molecule has 3 rings (SSSR count). The maximum atomic E-state index is 12.8. The van der Waals surface area contributed by atoms with Gasteiger partial charge in [0.05, 0.1) is 17.3 Å². The zero-order valence-corrected chi connectivity index (χ0v) is 19.1. The summed E-state index contributed by atoms with van der Waals surface area (Å²) in [6, 6.07) is 1.01. The molecule has 0 aromatic heterocycles. The molecule has 9 heteroatoms. The van der Waals surface area contributed by atoms with E-state index < -0.39 is 17.8 Å². The Morgan fingerprint density at radius 1 is 1.21 bits per heavy atom. The number of hydrogen-bond donors (Lipinski definition) is 2. The van der Waals surface area contributed by atoms with E-state index in [1.807, 2.05) is 18.2 Å². The number of likely N-dealkylation sites (tertiary alicyclic amines) is 1. The molecule has 0 saturated carbocycles. The highest BCUT2D eigenvalue weighted by molar-refractivity contribution is 6.33. The Morgan fingerprint density at radius 2 is 2.00 bits per heavy atom. The highest BCUT2D eigenvalue weighted by Crippen LogP contribution is 2.37. The SMILES string of the molecule is C[C@@H]1C/C=C/C=C\C=C\C(=N/OCCN2CCCC2=O)Cc2c(Cl)c(O)cc(O)c2C(=O)O1. The van der Waals surface area contributed by atoms with Crippen LogP contribution in [0.25, 0.3) is 0 Å². The topological polar surface area (TPSA) is 109 Å². The Bertz CT molecular complexity index is 1010. The Labute approximate surface area is 197 Å². The number of benzene rings is 1. The molecule has 0 spiro atoms. The molecule has 1 aromatic rings. The molecule has 1 amide bonds. The molecule has 1 fully saturated rings. The van der Waals surface area contributed by atoms with E-state index >= 15 is 0 Å². The predicted molar refractivity (Wildman–Crippen MR) is 125 cm³/mol. The van der Waals surface area contributed by atoms with Crippen LogP contribution < -0.4 is 0 Å². The number of amides is 1. The average molecular weight is 475 g/mol. The van der Waals surface area contributed by atoms with Gasteiger partial charge < -0.3 is 24.7 Å². The summed E-state index contributed by atoms with van der Waals surface area (Å²) in [4.78, 5) is 31.7. The van der Waals surface area contributed by atoms with Crippen molar-refractivity contribution in [2.24, 2.45) is 5.16 Å². The molecule has 2 N–H and O–H groups in total. The number of phenolic OH excluding ortho intramolecular Hbond substituents is 2. The number of hydrogen-bond acceptors (Lipinski definition) is 7. The number of cyclic esters (lactones) is 1. The first-order chi connectivity index (χ1) is 15.9. The van der Waals surface area contributed by atoms with Gasteiger partial charge >= 0.3 is 5.97 Å². The lowest BCUT2D eigenvalue weighted by Crippen LogP contribution is -2.28. The van der Waals surface area contributed by atoms with Gasteiger partial charge in [0.25, 0.3) is 0 Å². The van der Waals surface area contributed by atoms with Crippen molar-refractivity contribution in [2.45, 2.75) is 38.7 Å². The van der Waals surface area contributed by atoms with E-state index in [0.717, 1.165) is 12.5 Å². The number of aromatic hydroxyl groups is 2. The zero-order chi connectivity index (χ0) is 23.8. The van der Waals surface area contributed by atoms with Crippen LogP contribution in [0.1, 0.15) is 42.1 Å². The van der Waals surface area contributed by atoms with Gasteiger partial charge in [0.2, 0.25) is 5.91 Å². The lowest BCUT2D eigenvalue weighted by Gasteiger charge is -2.17. The van der Waals surface area contributed by atoms with Crippen LogP contribution in [0.2, 0.25) is 5.02 Å². The number of phenols is 2. The molecule has 2 aliphatic rings. The van der Waals surface area contributed by atoms with Crippen molar-refractivity contribution in [3.8, 4) is 11.5 Å². The largest absolute Gasteiger partial charge is 0.507 e. The number of esters is 1. The molecule has 8 nitrogen and oxygen atoms in total. The van der Waals surface area contributed by atoms with Gasteiger partial charge in [-0.1, -0.05) is 47.1 Å². The first-order valence-corrected chi connectivity index (χ1v) is 11.2. The second-order valence-corrected chi connectivity index (χ2v) is 8.16. The van der Waals surface area contributed by atoms with Gasteiger partial charge in [-0.2, -0.15) is 0 Å². The number of ether oxygens (including phenoxy) is 1. The highest BCUT2D eigenvalue weighted by atomic mass is 35.5. The van der Waals surface area contributed by atoms with Gasteiger partial charge in [-0.3, -0.25) is 4.79 Å². The van der Waals surface area contributed by atoms with E-state index in [2.05, 4.69) is 5.16 Å². The molecule has 0 radical (unpaired) electrons. The number of halogens is 1. The summed E-state index contributed by atoms with van der Waals surface area (Å²) >= 11 is 6.31. The highest BCUT2D eigenvalue weighted by Gasteiger charge is 2.25. The van der Waals surface area contributed by atoms with Crippen molar-refractivity contribution in [1.82, 2.24) is 4.90 Å². The molecule has 2 aliphatic heterocycles. The van der Waals surface area contributed by atoms with Crippen LogP contribution in [0.15, 0.2) is 47.7 Å². The van der Waals surface area contributed by atoms with E-state index in [1.165, 1.54) is 0 Å². The average Bonchev–Trinajstić information content (AvgIpc) is 3.17. The monoisotopic (exact) mass is 474 g/mol. The number of fused-ring (bicyclic) bond motifs is 1. The molecular weight excluding hydrogens is 448 g/mol. The fourth-order valence-electron chi connectivity index (χ4n) is 3.53. The second-order valence-electron chi connectivity index (χ2n) is 7.78. The third-order valence-corrected chi connectivity index (χ3v) is 5.64. The van der Waals surface area contributed by atoms with E-state index in [-0.39, 0.29) is 40.8 Å². The quantitative estimate of drug-likeness (QED) is 0.389. The van der Waals surface area contributed by atoms with Crippen LogP contribution in [-0.4, -0.2) is 58.5 Å². The van der Waals surface area contributed by atoms with Crippen molar-refractivity contribution in [2.75, 3.05) is 19.7 Å².